The zero-order chi connectivity index (χ0) is 20.9. The fourth-order valence-electron chi connectivity index (χ4n) is 3.39. The zero-order valence-corrected chi connectivity index (χ0v) is 17.8. The molecule has 0 fully saturated rings. The highest BCUT2D eigenvalue weighted by Gasteiger charge is 2.23. The van der Waals surface area contributed by atoms with Gasteiger partial charge >= 0.3 is 0 Å². The molecule has 0 saturated heterocycles. The van der Waals surface area contributed by atoms with Crippen LogP contribution in [0.2, 0.25) is 0 Å². The highest BCUT2D eigenvalue weighted by molar-refractivity contribution is 7.10. The van der Waals surface area contributed by atoms with E-state index in [0.717, 1.165) is 16.7 Å². The number of furan rings is 1. The predicted octanol–water partition coefficient (Wildman–Crippen LogP) is 5.11. The Bertz CT molecular complexity index is 1100. The van der Waals surface area contributed by atoms with Crippen LogP contribution >= 0.6 is 11.3 Å². The number of rotatable bonds is 8. The number of hydrogen-bond donors (Lipinski definition) is 1. The van der Waals surface area contributed by atoms with Crippen LogP contribution in [0, 0.1) is 0 Å². The average molecular weight is 421 g/mol. The molecule has 30 heavy (non-hydrogen) atoms. The molecule has 0 spiro atoms. The van der Waals surface area contributed by atoms with Crippen molar-refractivity contribution >= 4 is 28.2 Å². The van der Waals surface area contributed by atoms with Crippen molar-refractivity contribution in [1.82, 2.24) is 10.2 Å². The number of nitrogens with zero attached hydrogens (tertiary/aromatic N) is 1. The summed E-state index contributed by atoms with van der Waals surface area (Å²) in [5, 5.41) is 5.98. The quantitative estimate of drug-likeness (QED) is 0.431. The summed E-state index contributed by atoms with van der Waals surface area (Å²) < 4.78 is 11.9. The SMILES string of the molecule is CN(C)C(CNC(=O)c1oc2ccccc2c1COc1ccccc1)c1cccs1. The number of carbonyl (C=O) groups excluding carboxylic acids is 1. The average Bonchev–Trinajstić information content (AvgIpc) is 3.41. The molecule has 1 unspecified atom stereocenters. The van der Waals surface area contributed by atoms with Crippen LogP contribution in [-0.2, 0) is 6.61 Å². The summed E-state index contributed by atoms with van der Waals surface area (Å²) in [4.78, 5) is 16.4. The predicted molar refractivity (Wildman–Crippen MR) is 120 cm³/mol. The minimum Gasteiger partial charge on any atom is -0.489 e. The van der Waals surface area contributed by atoms with E-state index >= 15 is 0 Å². The lowest BCUT2D eigenvalue weighted by molar-refractivity contribution is 0.0913. The Morgan fingerprint density at radius 2 is 1.83 bits per heavy atom. The van der Waals surface area contributed by atoms with Crippen LogP contribution in [0.25, 0.3) is 11.0 Å². The third kappa shape index (κ3) is 4.40. The van der Waals surface area contributed by atoms with Gasteiger partial charge in [0.05, 0.1) is 6.04 Å². The third-order valence-corrected chi connectivity index (χ3v) is 5.96. The standard InChI is InChI=1S/C24H24N2O3S/c1-26(2)20(22-13-8-14-30-22)15-25-24(27)23-19(16-28-17-9-4-3-5-10-17)18-11-6-7-12-21(18)29-23/h3-14,20H,15-16H2,1-2H3,(H,25,27). The minimum atomic E-state index is -0.235. The molecule has 154 valence electrons. The van der Waals surface area contributed by atoms with Gasteiger partial charge in [-0.1, -0.05) is 42.5 Å². The number of amides is 1. The monoisotopic (exact) mass is 420 g/mol. The van der Waals surface area contributed by atoms with Gasteiger partial charge in [-0.05, 0) is 43.7 Å². The minimum absolute atomic E-state index is 0.0994. The van der Waals surface area contributed by atoms with Crippen LogP contribution in [-0.4, -0.2) is 31.4 Å². The first-order valence-corrected chi connectivity index (χ1v) is 10.7. The summed E-state index contributed by atoms with van der Waals surface area (Å²) >= 11 is 1.68. The van der Waals surface area contributed by atoms with Crippen molar-refractivity contribution in [2.75, 3.05) is 20.6 Å². The van der Waals surface area contributed by atoms with Crippen LogP contribution in [0.3, 0.4) is 0 Å². The molecule has 2 aromatic heterocycles. The van der Waals surface area contributed by atoms with Gasteiger partial charge in [0.25, 0.3) is 5.91 Å². The van der Waals surface area contributed by atoms with Crippen molar-refractivity contribution in [3.05, 3.63) is 88.3 Å². The van der Waals surface area contributed by atoms with E-state index in [9.17, 15) is 4.79 Å². The highest BCUT2D eigenvalue weighted by atomic mass is 32.1. The number of likely N-dealkylation sites (N-methyl/N-ethyl adjacent to an activating group) is 1. The van der Waals surface area contributed by atoms with Crippen LogP contribution in [0.15, 0.2) is 76.5 Å². The molecule has 6 heteroatoms. The second-order valence-electron chi connectivity index (χ2n) is 7.21. The molecule has 4 aromatic rings. The molecule has 2 heterocycles. The number of nitrogens with one attached hydrogen (secondary N) is 1. The van der Waals surface area contributed by atoms with Gasteiger partial charge < -0.3 is 19.4 Å². The van der Waals surface area contributed by atoms with Gasteiger partial charge in [-0.2, -0.15) is 0 Å². The number of fused-ring (bicyclic) bond motifs is 1. The summed E-state index contributed by atoms with van der Waals surface area (Å²) in [6.07, 6.45) is 0. The summed E-state index contributed by atoms with van der Waals surface area (Å²) in [6.45, 7) is 0.744. The topological polar surface area (TPSA) is 54.7 Å². The number of carbonyl (C=O) groups is 1. The molecule has 1 amide bonds. The van der Waals surface area contributed by atoms with Gasteiger partial charge in [0.1, 0.15) is 17.9 Å². The van der Waals surface area contributed by atoms with E-state index in [2.05, 4.69) is 16.3 Å². The van der Waals surface area contributed by atoms with Gasteiger partial charge in [-0.3, -0.25) is 4.79 Å². The Kier molecular flexibility index (Phi) is 6.16. The van der Waals surface area contributed by atoms with Gasteiger partial charge in [-0.25, -0.2) is 0 Å². The summed E-state index contributed by atoms with van der Waals surface area (Å²) in [7, 11) is 4.02. The molecule has 0 bridgehead atoms. The Hall–Kier alpha value is -3.09. The Balaban J connectivity index is 1.55. The van der Waals surface area contributed by atoms with Crippen molar-refractivity contribution in [3.8, 4) is 5.75 Å². The van der Waals surface area contributed by atoms with Crippen LogP contribution in [0.5, 0.6) is 5.75 Å². The van der Waals surface area contributed by atoms with E-state index in [1.807, 2.05) is 80.1 Å². The first-order chi connectivity index (χ1) is 14.6. The number of hydrogen-bond acceptors (Lipinski definition) is 5. The second-order valence-corrected chi connectivity index (χ2v) is 8.19. The summed E-state index contributed by atoms with van der Waals surface area (Å²) in [5.74, 6) is 0.816. The lowest BCUT2D eigenvalue weighted by atomic mass is 10.1. The lowest BCUT2D eigenvalue weighted by Crippen LogP contribution is -2.34. The molecular formula is C24H24N2O3S. The molecular weight excluding hydrogens is 396 g/mol. The van der Waals surface area contributed by atoms with Gasteiger partial charge in [0.15, 0.2) is 5.76 Å². The number of ether oxygens (including phenoxy) is 1. The van der Waals surface area contributed by atoms with Gasteiger partial charge in [-0.15, -0.1) is 11.3 Å². The zero-order valence-electron chi connectivity index (χ0n) is 17.0. The maximum Gasteiger partial charge on any atom is 0.287 e. The Labute approximate surface area is 179 Å². The molecule has 0 aliphatic rings. The molecule has 1 atom stereocenters. The lowest BCUT2D eigenvalue weighted by Gasteiger charge is -2.23. The van der Waals surface area contributed by atoms with Gasteiger partial charge in [0, 0.05) is 22.4 Å². The van der Waals surface area contributed by atoms with E-state index < -0.39 is 0 Å². The van der Waals surface area contributed by atoms with Crippen LogP contribution in [0.4, 0.5) is 0 Å². The van der Waals surface area contributed by atoms with Gasteiger partial charge in [0.2, 0.25) is 0 Å². The van der Waals surface area contributed by atoms with Crippen molar-refractivity contribution in [1.29, 1.82) is 0 Å². The molecule has 2 aromatic carbocycles. The largest absolute Gasteiger partial charge is 0.489 e. The summed E-state index contributed by atoms with van der Waals surface area (Å²) in [6, 6.07) is 21.4. The Morgan fingerprint density at radius 1 is 1.07 bits per heavy atom. The molecule has 1 N–H and O–H groups in total. The smallest absolute Gasteiger partial charge is 0.287 e. The van der Waals surface area contributed by atoms with E-state index in [4.69, 9.17) is 9.15 Å². The normalized spacial score (nSPS) is 12.2. The maximum atomic E-state index is 13.1. The van der Waals surface area contributed by atoms with E-state index in [-0.39, 0.29) is 18.6 Å². The second kappa shape index (κ2) is 9.15. The highest BCUT2D eigenvalue weighted by Crippen LogP contribution is 2.28. The van der Waals surface area contributed by atoms with Crippen LogP contribution < -0.4 is 10.1 Å². The first-order valence-electron chi connectivity index (χ1n) is 9.80. The van der Waals surface area contributed by atoms with Crippen molar-refractivity contribution in [2.24, 2.45) is 0 Å². The maximum absolute atomic E-state index is 13.1. The molecule has 0 saturated carbocycles. The molecule has 0 aliphatic heterocycles. The fourth-order valence-corrected chi connectivity index (χ4v) is 4.31. The summed E-state index contributed by atoms with van der Waals surface area (Å²) in [5.41, 5.74) is 1.43. The van der Waals surface area contributed by atoms with E-state index in [0.29, 0.717) is 17.9 Å². The Morgan fingerprint density at radius 3 is 2.57 bits per heavy atom. The third-order valence-electron chi connectivity index (χ3n) is 4.98. The molecule has 5 nitrogen and oxygen atoms in total. The van der Waals surface area contributed by atoms with Crippen molar-refractivity contribution in [3.63, 3.8) is 0 Å². The van der Waals surface area contributed by atoms with Crippen LogP contribution in [0.1, 0.15) is 27.0 Å². The first kappa shape index (κ1) is 20.2. The van der Waals surface area contributed by atoms with E-state index in [1.165, 1.54) is 4.88 Å². The van der Waals surface area contributed by atoms with Crippen molar-refractivity contribution < 1.29 is 13.9 Å². The molecule has 4 rings (SSSR count). The van der Waals surface area contributed by atoms with E-state index in [1.54, 1.807) is 11.3 Å². The number of thiophene rings is 1. The fraction of sp³-hybridized carbons (Fsp3) is 0.208. The number of benzene rings is 2. The molecule has 0 aliphatic carbocycles. The molecule has 0 radical (unpaired) electrons. The van der Waals surface area contributed by atoms with Crippen molar-refractivity contribution in [2.45, 2.75) is 12.6 Å². The number of para-hydroxylation sites is 2.